The number of thiol groups is 1. The normalized spacial score (nSPS) is 10.0. The van der Waals surface area contributed by atoms with Gasteiger partial charge in [0.15, 0.2) is 0 Å². The number of halogens is 2. The van der Waals surface area contributed by atoms with Gasteiger partial charge in [0.1, 0.15) is 5.82 Å². The highest BCUT2D eigenvalue weighted by Crippen LogP contribution is 2.22. The number of hydrogen-bond acceptors (Lipinski definition) is 1. The van der Waals surface area contributed by atoms with Gasteiger partial charge in [-0.2, -0.15) is 0 Å². The molecule has 1 rings (SSSR count). The summed E-state index contributed by atoms with van der Waals surface area (Å²) in [7, 11) is 0. The van der Waals surface area contributed by atoms with Crippen molar-refractivity contribution >= 4 is 28.6 Å². The summed E-state index contributed by atoms with van der Waals surface area (Å²) < 4.78 is 13.1. The predicted octanol–water partition coefficient (Wildman–Crippen LogP) is 3.19. The van der Waals surface area contributed by atoms with Crippen LogP contribution < -0.4 is 0 Å². The van der Waals surface area contributed by atoms with E-state index in [-0.39, 0.29) is 5.82 Å². The zero-order valence-electron chi connectivity index (χ0n) is 5.36. The zero-order chi connectivity index (χ0) is 7.72. The van der Waals surface area contributed by atoms with Crippen LogP contribution in [0.1, 0.15) is 5.56 Å². The lowest BCUT2D eigenvalue weighted by Crippen LogP contribution is -1.81. The molecule has 0 unspecified atom stereocenters. The number of benzene rings is 1. The van der Waals surface area contributed by atoms with Gasteiger partial charge in [0.25, 0.3) is 0 Å². The van der Waals surface area contributed by atoms with E-state index in [1.165, 1.54) is 6.07 Å². The first-order valence-corrected chi connectivity index (χ1v) is 4.00. The van der Waals surface area contributed by atoms with Gasteiger partial charge in [-0.15, -0.1) is 12.6 Å². The minimum atomic E-state index is -0.240. The Balaban J connectivity index is 3.28. The van der Waals surface area contributed by atoms with Crippen LogP contribution >= 0.6 is 28.6 Å². The highest BCUT2D eigenvalue weighted by Gasteiger charge is 2.00. The Hall–Kier alpha value is -0.0200. The summed E-state index contributed by atoms with van der Waals surface area (Å²) in [6, 6.07) is 3.10. The van der Waals surface area contributed by atoms with Gasteiger partial charge in [0.05, 0.1) is 4.47 Å². The third-order valence-electron chi connectivity index (χ3n) is 1.24. The van der Waals surface area contributed by atoms with E-state index in [1.807, 2.05) is 6.92 Å². The molecule has 0 aromatic heterocycles. The molecule has 0 fully saturated rings. The number of rotatable bonds is 0. The molecular formula is C7H6BrFS. The van der Waals surface area contributed by atoms with Gasteiger partial charge >= 0.3 is 0 Å². The fourth-order valence-corrected chi connectivity index (χ4v) is 1.35. The molecule has 3 heteroatoms. The fourth-order valence-electron chi connectivity index (χ4n) is 0.636. The van der Waals surface area contributed by atoms with Crippen LogP contribution in [-0.2, 0) is 0 Å². The van der Waals surface area contributed by atoms with E-state index in [0.29, 0.717) is 4.47 Å². The molecular weight excluding hydrogens is 215 g/mol. The molecule has 0 amide bonds. The van der Waals surface area contributed by atoms with Crippen LogP contribution in [0.25, 0.3) is 0 Å². The Labute approximate surface area is 73.0 Å². The van der Waals surface area contributed by atoms with Crippen molar-refractivity contribution in [3.63, 3.8) is 0 Å². The summed E-state index contributed by atoms with van der Waals surface area (Å²) in [6.45, 7) is 1.82. The van der Waals surface area contributed by atoms with Crippen LogP contribution in [0.4, 0.5) is 4.39 Å². The molecule has 0 atom stereocenters. The molecule has 1 aromatic carbocycles. The van der Waals surface area contributed by atoms with Gasteiger partial charge in [-0.25, -0.2) is 4.39 Å². The van der Waals surface area contributed by atoms with Crippen molar-refractivity contribution in [1.29, 1.82) is 0 Å². The summed E-state index contributed by atoms with van der Waals surface area (Å²) >= 11 is 7.17. The Kier molecular flexibility index (Phi) is 2.36. The van der Waals surface area contributed by atoms with E-state index in [0.717, 1.165) is 10.5 Å². The molecule has 0 heterocycles. The zero-order valence-corrected chi connectivity index (χ0v) is 7.84. The van der Waals surface area contributed by atoms with Crippen LogP contribution in [0.2, 0.25) is 0 Å². The maximum absolute atomic E-state index is 12.7. The quantitative estimate of drug-likeness (QED) is 0.639. The lowest BCUT2D eigenvalue weighted by atomic mass is 10.2. The number of hydrogen-bond donors (Lipinski definition) is 1. The molecule has 0 saturated carbocycles. The molecule has 0 aliphatic rings. The van der Waals surface area contributed by atoms with Crippen molar-refractivity contribution in [3.05, 3.63) is 28.0 Å². The average molecular weight is 221 g/mol. The van der Waals surface area contributed by atoms with Crippen LogP contribution in [-0.4, -0.2) is 0 Å². The Morgan fingerprint density at radius 2 is 2.10 bits per heavy atom. The summed E-state index contributed by atoms with van der Waals surface area (Å²) in [5.74, 6) is -0.240. The van der Waals surface area contributed by atoms with Crippen molar-refractivity contribution in [2.45, 2.75) is 11.8 Å². The third-order valence-corrected chi connectivity index (χ3v) is 2.33. The van der Waals surface area contributed by atoms with Crippen LogP contribution in [0.5, 0.6) is 0 Å². The van der Waals surface area contributed by atoms with Crippen molar-refractivity contribution in [2.75, 3.05) is 0 Å². The van der Waals surface area contributed by atoms with E-state index in [9.17, 15) is 4.39 Å². The van der Waals surface area contributed by atoms with Gasteiger partial charge in [-0.3, -0.25) is 0 Å². The van der Waals surface area contributed by atoms with Crippen molar-refractivity contribution in [1.82, 2.24) is 0 Å². The highest BCUT2D eigenvalue weighted by molar-refractivity contribution is 9.10. The maximum Gasteiger partial charge on any atom is 0.137 e. The maximum atomic E-state index is 12.7. The largest absolute Gasteiger partial charge is 0.206 e. The molecule has 0 radical (unpaired) electrons. The second-order valence-corrected chi connectivity index (χ2v) is 3.39. The Morgan fingerprint density at radius 3 is 2.60 bits per heavy atom. The van der Waals surface area contributed by atoms with Crippen LogP contribution in [0.15, 0.2) is 21.5 Å². The summed E-state index contributed by atoms with van der Waals surface area (Å²) in [6.07, 6.45) is 0. The summed E-state index contributed by atoms with van der Waals surface area (Å²) in [5.41, 5.74) is 0.851. The first-order chi connectivity index (χ1) is 4.61. The predicted molar refractivity (Wildman–Crippen MR) is 46.1 cm³/mol. The van der Waals surface area contributed by atoms with Crippen molar-refractivity contribution < 1.29 is 4.39 Å². The van der Waals surface area contributed by atoms with Crippen molar-refractivity contribution in [2.24, 2.45) is 0 Å². The van der Waals surface area contributed by atoms with Crippen LogP contribution in [0.3, 0.4) is 0 Å². The molecule has 0 nitrogen and oxygen atoms in total. The Morgan fingerprint density at radius 1 is 1.50 bits per heavy atom. The van der Waals surface area contributed by atoms with E-state index in [2.05, 4.69) is 28.6 Å². The monoisotopic (exact) mass is 220 g/mol. The smallest absolute Gasteiger partial charge is 0.137 e. The second kappa shape index (κ2) is 2.93. The molecule has 54 valence electrons. The number of aryl methyl sites for hydroxylation is 1. The van der Waals surface area contributed by atoms with E-state index in [1.54, 1.807) is 6.07 Å². The lowest BCUT2D eigenvalue weighted by molar-refractivity contribution is 0.618. The average Bonchev–Trinajstić information content (AvgIpc) is 1.84. The molecule has 0 N–H and O–H groups in total. The van der Waals surface area contributed by atoms with Gasteiger partial charge in [-0.05, 0) is 40.5 Å². The van der Waals surface area contributed by atoms with Gasteiger partial charge < -0.3 is 0 Å². The topological polar surface area (TPSA) is 0 Å². The molecule has 0 aliphatic carbocycles. The standard InChI is InChI=1S/C7H6BrFS/c1-4-2-6(9)5(8)3-7(4)10/h2-3,10H,1H3. The third kappa shape index (κ3) is 1.52. The van der Waals surface area contributed by atoms with E-state index in [4.69, 9.17) is 0 Å². The van der Waals surface area contributed by atoms with Crippen LogP contribution in [0, 0.1) is 12.7 Å². The highest BCUT2D eigenvalue weighted by atomic mass is 79.9. The van der Waals surface area contributed by atoms with E-state index >= 15 is 0 Å². The summed E-state index contributed by atoms with van der Waals surface area (Å²) in [5, 5.41) is 0. The first-order valence-electron chi connectivity index (χ1n) is 2.76. The molecule has 1 aromatic rings. The molecule has 0 bridgehead atoms. The van der Waals surface area contributed by atoms with Gasteiger partial charge in [0.2, 0.25) is 0 Å². The minimum absolute atomic E-state index is 0.240. The lowest BCUT2D eigenvalue weighted by Gasteiger charge is -1.99. The van der Waals surface area contributed by atoms with Gasteiger partial charge in [-0.1, -0.05) is 0 Å². The SMILES string of the molecule is Cc1cc(F)c(Br)cc1S. The second-order valence-electron chi connectivity index (χ2n) is 2.05. The fraction of sp³-hybridized carbons (Fsp3) is 0.143. The minimum Gasteiger partial charge on any atom is -0.206 e. The van der Waals surface area contributed by atoms with Crippen molar-refractivity contribution in [3.8, 4) is 0 Å². The Bertz CT molecular complexity index is 210. The molecule has 10 heavy (non-hydrogen) atoms. The molecule has 0 saturated heterocycles. The van der Waals surface area contributed by atoms with E-state index < -0.39 is 0 Å². The first kappa shape index (κ1) is 8.08. The van der Waals surface area contributed by atoms with Gasteiger partial charge in [0, 0.05) is 4.90 Å². The summed E-state index contributed by atoms with van der Waals surface area (Å²) in [4.78, 5) is 0.799. The molecule has 0 spiro atoms. The molecule has 0 aliphatic heterocycles.